The summed E-state index contributed by atoms with van der Waals surface area (Å²) in [6.07, 6.45) is 0. The SMILES string of the molecule is CC(=O)n1nc(CNC(=O)c2nc3n(c(=O)c2O)CCOC3(C)C)c2ccccc21. The molecule has 0 saturated carbocycles. The van der Waals surface area contributed by atoms with Crippen molar-refractivity contribution in [2.75, 3.05) is 6.61 Å². The molecule has 156 valence electrons. The highest BCUT2D eigenvalue weighted by Crippen LogP contribution is 2.27. The Hall–Kier alpha value is -3.53. The summed E-state index contributed by atoms with van der Waals surface area (Å²) in [6.45, 7) is 5.41. The maximum absolute atomic E-state index is 12.7. The summed E-state index contributed by atoms with van der Waals surface area (Å²) in [7, 11) is 0. The molecule has 2 N–H and O–H groups in total. The lowest BCUT2D eigenvalue weighted by atomic mass is 10.1. The lowest BCUT2D eigenvalue weighted by Crippen LogP contribution is -2.42. The predicted molar refractivity (Wildman–Crippen MR) is 106 cm³/mol. The lowest BCUT2D eigenvalue weighted by Gasteiger charge is -2.32. The Bertz CT molecular complexity index is 1240. The first-order valence-electron chi connectivity index (χ1n) is 9.44. The van der Waals surface area contributed by atoms with Crippen LogP contribution in [-0.4, -0.2) is 42.9 Å². The number of hydrogen-bond donors (Lipinski definition) is 2. The van der Waals surface area contributed by atoms with Gasteiger partial charge in [-0.3, -0.25) is 19.0 Å². The molecule has 1 aliphatic heterocycles. The van der Waals surface area contributed by atoms with E-state index in [1.165, 1.54) is 16.2 Å². The van der Waals surface area contributed by atoms with Crippen LogP contribution in [0.15, 0.2) is 29.1 Å². The lowest BCUT2D eigenvalue weighted by molar-refractivity contribution is -0.0566. The molecule has 2 aromatic heterocycles. The van der Waals surface area contributed by atoms with E-state index in [0.29, 0.717) is 23.2 Å². The first-order chi connectivity index (χ1) is 14.2. The Morgan fingerprint density at radius 3 is 2.77 bits per heavy atom. The molecule has 4 rings (SSSR count). The molecule has 0 spiro atoms. The van der Waals surface area contributed by atoms with Crippen molar-refractivity contribution in [1.29, 1.82) is 0 Å². The van der Waals surface area contributed by atoms with Crippen LogP contribution in [0.25, 0.3) is 10.9 Å². The van der Waals surface area contributed by atoms with Gasteiger partial charge in [-0.1, -0.05) is 18.2 Å². The molecule has 3 heterocycles. The number of carbonyl (C=O) groups is 2. The summed E-state index contributed by atoms with van der Waals surface area (Å²) in [6, 6.07) is 7.15. The number of fused-ring (bicyclic) bond motifs is 2. The maximum atomic E-state index is 12.7. The van der Waals surface area contributed by atoms with Gasteiger partial charge in [-0.2, -0.15) is 9.78 Å². The fourth-order valence-corrected chi connectivity index (χ4v) is 3.58. The number of para-hydroxylation sites is 1. The van der Waals surface area contributed by atoms with E-state index < -0.39 is 22.8 Å². The van der Waals surface area contributed by atoms with Crippen LogP contribution in [0.3, 0.4) is 0 Å². The molecule has 30 heavy (non-hydrogen) atoms. The van der Waals surface area contributed by atoms with Gasteiger partial charge in [0.2, 0.25) is 11.7 Å². The molecule has 0 fully saturated rings. The van der Waals surface area contributed by atoms with Crippen molar-refractivity contribution in [3.63, 3.8) is 0 Å². The smallest absolute Gasteiger partial charge is 0.296 e. The van der Waals surface area contributed by atoms with E-state index in [1.54, 1.807) is 38.1 Å². The molecule has 1 aliphatic rings. The van der Waals surface area contributed by atoms with Crippen molar-refractivity contribution in [1.82, 2.24) is 24.6 Å². The molecule has 1 aromatic carbocycles. The maximum Gasteiger partial charge on any atom is 0.296 e. The molecule has 1 amide bonds. The Kier molecular flexibility index (Phi) is 4.65. The molecule has 3 aromatic rings. The second-order valence-electron chi connectivity index (χ2n) is 7.53. The zero-order valence-electron chi connectivity index (χ0n) is 16.8. The molecule has 0 saturated heterocycles. The molecule has 0 atom stereocenters. The van der Waals surface area contributed by atoms with E-state index in [2.05, 4.69) is 15.4 Å². The van der Waals surface area contributed by atoms with Crippen LogP contribution < -0.4 is 10.9 Å². The third kappa shape index (κ3) is 3.14. The number of aromatic nitrogens is 4. The highest BCUT2D eigenvalue weighted by molar-refractivity contribution is 5.95. The number of nitrogens with one attached hydrogen (secondary N) is 1. The second kappa shape index (κ2) is 7.06. The zero-order chi connectivity index (χ0) is 21.6. The van der Waals surface area contributed by atoms with Crippen molar-refractivity contribution >= 4 is 22.7 Å². The Balaban J connectivity index is 1.66. The minimum Gasteiger partial charge on any atom is -0.501 e. The fraction of sp³-hybridized carbons (Fsp3) is 0.350. The molecule has 0 radical (unpaired) electrons. The molecule has 10 nitrogen and oxygen atoms in total. The van der Waals surface area contributed by atoms with Crippen molar-refractivity contribution < 1.29 is 19.4 Å². The first kappa shape index (κ1) is 19.8. The number of carbonyl (C=O) groups excluding carboxylic acids is 2. The average molecular weight is 411 g/mol. The number of hydrogen-bond acceptors (Lipinski definition) is 7. The minimum absolute atomic E-state index is 0.0148. The van der Waals surface area contributed by atoms with Crippen LogP contribution >= 0.6 is 0 Å². The van der Waals surface area contributed by atoms with Crippen LogP contribution in [0.4, 0.5) is 0 Å². The fourth-order valence-electron chi connectivity index (χ4n) is 3.58. The van der Waals surface area contributed by atoms with Crippen molar-refractivity contribution in [2.45, 2.75) is 39.5 Å². The van der Waals surface area contributed by atoms with Crippen molar-refractivity contribution in [3.05, 3.63) is 51.8 Å². The van der Waals surface area contributed by atoms with E-state index in [4.69, 9.17) is 4.74 Å². The van der Waals surface area contributed by atoms with Crippen LogP contribution in [0, 0.1) is 0 Å². The van der Waals surface area contributed by atoms with Gasteiger partial charge in [0.15, 0.2) is 5.69 Å². The highest BCUT2D eigenvalue weighted by Gasteiger charge is 2.34. The quantitative estimate of drug-likeness (QED) is 0.662. The Morgan fingerprint density at radius 1 is 1.30 bits per heavy atom. The van der Waals surface area contributed by atoms with Gasteiger partial charge in [0.1, 0.15) is 11.4 Å². The third-order valence-corrected chi connectivity index (χ3v) is 5.06. The van der Waals surface area contributed by atoms with Gasteiger partial charge in [0, 0.05) is 12.3 Å². The standard InChI is InChI=1S/C20H21N5O5/c1-11(26)25-14-7-5-4-6-12(14)13(23-25)10-21-17(28)15-16(27)18(29)24-8-9-30-20(2,3)19(24)22-15/h4-7,27H,8-10H2,1-3H3,(H,21,28). The van der Waals surface area contributed by atoms with E-state index in [0.717, 1.165) is 0 Å². The predicted octanol–water partition coefficient (Wildman–Crippen LogP) is 1.15. The number of amides is 1. The summed E-state index contributed by atoms with van der Waals surface area (Å²) < 4.78 is 8.22. The van der Waals surface area contributed by atoms with E-state index in [1.807, 2.05) is 0 Å². The number of benzene rings is 1. The van der Waals surface area contributed by atoms with Crippen molar-refractivity contribution in [3.8, 4) is 5.75 Å². The van der Waals surface area contributed by atoms with Gasteiger partial charge >= 0.3 is 0 Å². The molecule has 0 bridgehead atoms. The van der Waals surface area contributed by atoms with Crippen LogP contribution in [0.2, 0.25) is 0 Å². The summed E-state index contributed by atoms with van der Waals surface area (Å²) >= 11 is 0. The van der Waals surface area contributed by atoms with E-state index in [-0.39, 0.29) is 30.5 Å². The summed E-state index contributed by atoms with van der Waals surface area (Å²) in [5.74, 6) is -1.43. The normalized spacial score (nSPS) is 15.0. The molecular formula is C20H21N5O5. The average Bonchev–Trinajstić information content (AvgIpc) is 3.08. The van der Waals surface area contributed by atoms with Gasteiger partial charge in [0.05, 0.1) is 30.9 Å². The largest absolute Gasteiger partial charge is 0.501 e. The Labute approximate surface area is 171 Å². The monoisotopic (exact) mass is 411 g/mol. The third-order valence-electron chi connectivity index (χ3n) is 5.06. The van der Waals surface area contributed by atoms with Gasteiger partial charge in [-0.05, 0) is 19.9 Å². The summed E-state index contributed by atoms with van der Waals surface area (Å²) in [4.78, 5) is 41.3. The molecule has 10 heteroatoms. The second-order valence-corrected chi connectivity index (χ2v) is 7.53. The van der Waals surface area contributed by atoms with Gasteiger partial charge < -0.3 is 15.2 Å². The number of nitrogens with zero attached hydrogens (tertiary/aromatic N) is 4. The topological polar surface area (TPSA) is 128 Å². The summed E-state index contributed by atoms with van der Waals surface area (Å²) in [5.41, 5.74) is -0.836. The highest BCUT2D eigenvalue weighted by atomic mass is 16.5. The summed E-state index contributed by atoms with van der Waals surface area (Å²) in [5, 5.41) is 17.9. The molecule has 0 aliphatic carbocycles. The van der Waals surface area contributed by atoms with Crippen LogP contribution in [-0.2, 0) is 23.4 Å². The van der Waals surface area contributed by atoms with Crippen molar-refractivity contribution in [2.24, 2.45) is 0 Å². The zero-order valence-corrected chi connectivity index (χ0v) is 16.8. The minimum atomic E-state index is -0.878. The van der Waals surface area contributed by atoms with Gasteiger partial charge in [0.25, 0.3) is 11.5 Å². The molecule has 0 unspecified atom stereocenters. The number of ether oxygens (including phenoxy) is 1. The molecular weight excluding hydrogens is 390 g/mol. The van der Waals surface area contributed by atoms with Gasteiger partial charge in [-0.25, -0.2) is 4.98 Å². The first-order valence-corrected chi connectivity index (χ1v) is 9.44. The van der Waals surface area contributed by atoms with Gasteiger partial charge in [-0.15, -0.1) is 0 Å². The number of rotatable bonds is 3. The van der Waals surface area contributed by atoms with E-state index >= 15 is 0 Å². The van der Waals surface area contributed by atoms with Crippen LogP contribution in [0.5, 0.6) is 5.75 Å². The Morgan fingerprint density at radius 2 is 2.03 bits per heavy atom. The number of aromatic hydroxyl groups is 1. The van der Waals surface area contributed by atoms with Crippen LogP contribution in [0.1, 0.15) is 47.6 Å². The van der Waals surface area contributed by atoms with E-state index in [9.17, 15) is 19.5 Å².